The van der Waals surface area contributed by atoms with Crippen LogP contribution in [0.1, 0.15) is 50.1 Å². The van der Waals surface area contributed by atoms with Crippen LogP contribution in [0.2, 0.25) is 0 Å². The van der Waals surface area contributed by atoms with Crippen LogP contribution in [0.25, 0.3) is 10.2 Å². The Morgan fingerprint density at radius 1 is 1.24 bits per heavy atom. The molecule has 0 atom stereocenters. The third-order valence-electron chi connectivity index (χ3n) is 5.11. The number of hydrogen-bond acceptors (Lipinski definition) is 9. The summed E-state index contributed by atoms with van der Waals surface area (Å²) >= 11 is 1.52. The molecule has 0 fully saturated rings. The molecule has 184 valence electrons. The number of nitrogens with zero attached hydrogens (tertiary/aromatic N) is 6. The summed E-state index contributed by atoms with van der Waals surface area (Å²) in [5, 5.41) is 7.91. The standard InChI is InChI=1S/C21H25F3N6O3S/c1-4-5-13-10-14-17(29-7-8-30-15(11-29)27-28-19(30)21(22,23)24)25-20(26-18(14)34-13)32-9-6-16(31)33-12(2)3/h10,12H,4-9,11H2,1-3H3. The number of carbonyl (C=O) groups excluding carboxylic acids is 1. The molecule has 13 heteroatoms. The number of aromatic nitrogens is 5. The van der Waals surface area contributed by atoms with Crippen LogP contribution in [0.3, 0.4) is 0 Å². The Kier molecular flexibility index (Phi) is 6.91. The van der Waals surface area contributed by atoms with Crippen molar-refractivity contribution in [1.29, 1.82) is 0 Å². The summed E-state index contributed by atoms with van der Waals surface area (Å²) < 4.78 is 51.5. The third-order valence-corrected chi connectivity index (χ3v) is 6.20. The fraction of sp³-hybridized carbons (Fsp3) is 0.571. The Morgan fingerprint density at radius 3 is 2.74 bits per heavy atom. The zero-order valence-electron chi connectivity index (χ0n) is 19.1. The van der Waals surface area contributed by atoms with E-state index in [9.17, 15) is 18.0 Å². The first kappa shape index (κ1) is 24.2. The summed E-state index contributed by atoms with van der Waals surface area (Å²) in [4.78, 5) is 24.5. The lowest BCUT2D eigenvalue weighted by Gasteiger charge is -2.29. The van der Waals surface area contributed by atoms with Crippen LogP contribution in [-0.4, -0.2) is 50.0 Å². The van der Waals surface area contributed by atoms with E-state index in [1.165, 1.54) is 11.3 Å². The third kappa shape index (κ3) is 5.24. The summed E-state index contributed by atoms with van der Waals surface area (Å²) in [6.45, 7) is 6.15. The molecule has 3 aromatic heterocycles. The van der Waals surface area contributed by atoms with Crippen LogP contribution in [0.15, 0.2) is 6.07 Å². The maximum atomic E-state index is 13.2. The zero-order chi connectivity index (χ0) is 24.5. The van der Waals surface area contributed by atoms with Crippen LogP contribution in [0.4, 0.5) is 19.0 Å². The number of thiophene rings is 1. The van der Waals surface area contributed by atoms with Gasteiger partial charge in [-0.2, -0.15) is 23.1 Å². The van der Waals surface area contributed by atoms with Crippen molar-refractivity contribution in [3.8, 4) is 6.01 Å². The first-order chi connectivity index (χ1) is 16.2. The van der Waals surface area contributed by atoms with Crippen molar-refractivity contribution in [2.24, 2.45) is 0 Å². The fourth-order valence-corrected chi connectivity index (χ4v) is 4.82. The molecule has 0 aliphatic carbocycles. The van der Waals surface area contributed by atoms with E-state index >= 15 is 0 Å². The number of ether oxygens (including phenoxy) is 2. The second-order valence-electron chi connectivity index (χ2n) is 8.16. The number of anilines is 1. The molecule has 0 radical (unpaired) electrons. The van der Waals surface area contributed by atoms with Gasteiger partial charge in [-0.3, -0.25) is 4.79 Å². The van der Waals surface area contributed by atoms with Gasteiger partial charge in [0.2, 0.25) is 5.82 Å². The highest BCUT2D eigenvalue weighted by molar-refractivity contribution is 7.18. The van der Waals surface area contributed by atoms with E-state index in [0.29, 0.717) is 12.4 Å². The highest BCUT2D eigenvalue weighted by Crippen LogP contribution is 2.35. The number of fused-ring (bicyclic) bond motifs is 2. The number of halogens is 3. The molecule has 1 aliphatic heterocycles. The van der Waals surface area contributed by atoms with Gasteiger partial charge in [-0.05, 0) is 26.3 Å². The van der Waals surface area contributed by atoms with Crippen molar-refractivity contribution in [1.82, 2.24) is 24.7 Å². The molecule has 0 amide bonds. The topological polar surface area (TPSA) is 95.3 Å². The lowest BCUT2D eigenvalue weighted by molar-refractivity contribution is -0.148. The van der Waals surface area contributed by atoms with E-state index in [0.717, 1.165) is 32.5 Å². The van der Waals surface area contributed by atoms with E-state index in [2.05, 4.69) is 27.1 Å². The van der Waals surface area contributed by atoms with E-state index < -0.39 is 12.0 Å². The summed E-state index contributed by atoms with van der Waals surface area (Å²) in [5.74, 6) is -0.596. The monoisotopic (exact) mass is 498 g/mol. The average molecular weight is 499 g/mol. The molecule has 4 heterocycles. The summed E-state index contributed by atoms with van der Waals surface area (Å²) in [6.07, 6.45) is -2.89. The van der Waals surface area contributed by atoms with Crippen molar-refractivity contribution in [2.75, 3.05) is 18.1 Å². The Morgan fingerprint density at radius 2 is 2.03 bits per heavy atom. The minimum absolute atomic E-state index is 0.0486. The summed E-state index contributed by atoms with van der Waals surface area (Å²) in [5.41, 5.74) is 0. The minimum Gasteiger partial charge on any atom is -0.463 e. The van der Waals surface area contributed by atoms with Gasteiger partial charge in [0.1, 0.15) is 17.3 Å². The second-order valence-corrected chi connectivity index (χ2v) is 9.27. The molecule has 0 aromatic carbocycles. The molecular formula is C21H25F3N6O3S. The smallest absolute Gasteiger partial charge is 0.451 e. The van der Waals surface area contributed by atoms with Crippen LogP contribution >= 0.6 is 11.3 Å². The first-order valence-electron chi connectivity index (χ1n) is 11.0. The maximum absolute atomic E-state index is 13.2. The maximum Gasteiger partial charge on any atom is 0.451 e. The van der Waals surface area contributed by atoms with Crippen molar-refractivity contribution < 1.29 is 27.4 Å². The zero-order valence-corrected chi connectivity index (χ0v) is 19.9. The molecule has 3 aromatic rings. The molecule has 0 saturated heterocycles. The van der Waals surface area contributed by atoms with Crippen molar-refractivity contribution in [3.05, 3.63) is 22.6 Å². The summed E-state index contributed by atoms with van der Waals surface area (Å²) in [6, 6.07) is 2.12. The van der Waals surface area contributed by atoms with E-state index in [-0.39, 0.29) is 50.0 Å². The van der Waals surface area contributed by atoms with Gasteiger partial charge in [-0.25, -0.2) is 0 Å². The fourth-order valence-electron chi connectivity index (χ4n) is 3.71. The average Bonchev–Trinajstić information content (AvgIpc) is 3.36. The Bertz CT molecular complexity index is 1180. The molecule has 0 unspecified atom stereocenters. The molecular weight excluding hydrogens is 473 g/mol. The Hall–Kier alpha value is -2.96. The van der Waals surface area contributed by atoms with Gasteiger partial charge >= 0.3 is 18.2 Å². The summed E-state index contributed by atoms with van der Waals surface area (Å²) in [7, 11) is 0. The number of aryl methyl sites for hydroxylation is 1. The predicted molar refractivity (Wildman–Crippen MR) is 119 cm³/mol. The van der Waals surface area contributed by atoms with Gasteiger partial charge in [0.05, 0.1) is 24.5 Å². The molecule has 34 heavy (non-hydrogen) atoms. The SMILES string of the molecule is CCCc1cc2c(N3CCn4c(nnc4C(F)(F)F)C3)nc(OCCC(=O)OC(C)C)nc2s1. The lowest BCUT2D eigenvalue weighted by Crippen LogP contribution is -2.36. The number of alkyl halides is 3. The highest BCUT2D eigenvalue weighted by atomic mass is 32.1. The van der Waals surface area contributed by atoms with Crippen molar-refractivity contribution in [2.45, 2.75) is 65.4 Å². The quantitative estimate of drug-likeness (QED) is 0.430. The predicted octanol–water partition coefficient (Wildman–Crippen LogP) is 3.99. The largest absolute Gasteiger partial charge is 0.463 e. The van der Waals surface area contributed by atoms with Gasteiger partial charge in [0, 0.05) is 18.0 Å². The Balaban J connectivity index is 1.60. The minimum atomic E-state index is -4.56. The van der Waals surface area contributed by atoms with Crippen LogP contribution in [0, 0.1) is 0 Å². The lowest BCUT2D eigenvalue weighted by atomic mass is 10.2. The van der Waals surface area contributed by atoms with Crippen LogP contribution in [-0.2, 0) is 35.2 Å². The molecule has 4 rings (SSSR count). The highest BCUT2D eigenvalue weighted by Gasteiger charge is 2.39. The van der Waals surface area contributed by atoms with Gasteiger partial charge in [0.15, 0.2) is 5.82 Å². The molecule has 9 nitrogen and oxygen atoms in total. The van der Waals surface area contributed by atoms with Crippen LogP contribution < -0.4 is 9.64 Å². The van der Waals surface area contributed by atoms with Crippen molar-refractivity contribution in [3.63, 3.8) is 0 Å². The molecule has 0 N–H and O–H groups in total. The normalized spacial score (nSPS) is 14.0. The molecule has 0 saturated carbocycles. The molecule has 0 bridgehead atoms. The number of hydrogen-bond donors (Lipinski definition) is 0. The van der Waals surface area contributed by atoms with Gasteiger partial charge in [-0.1, -0.05) is 13.3 Å². The van der Waals surface area contributed by atoms with Crippen molar-refractivity contribution >= 4 is 33.3 Å². The van der Waals surface area contributed by atoms with Crippen LogP contribution in [0.5, 0.6) is 6.01 Å². The molecule has 0 spiro atoms. The number of rotatable bonds is 8. The van der Waals surface area contributed by atoms with Gasteiger partial charge in [-0.15, -0.1) is 21.5 Å². The number of carbonyl (C=O) groups is 1. The number of esters is 1. The van der Waals surface area contributed by atoms with E-state index in [1.54, 1.807) is 13.8 Å². The van der Waals surface area contributed by atoms with Gasteiger partial charge in [0.25, 0.3) is 0 Å². The van der Waals surface area contributed by atoms with Gasteiger partial charge < -0.3 is 18.9 Å². The molecule has 1 aliphatic rings. The van der Waals surface area contributed by atoms with E-state index in [1.807, 2.05) is 11.0 Å². The van der Waals surface area contributed by atoms with E-state index in [4.69, 9.17) is 9.47 Å². The Labute approximate surface area is 197 Å². The first-order valence-corrected chi connectivity index (χ1v) is 11.8. The second kappa shape index (κ2) is 9.72.